The van der Waals surface area contributed by atoms with Crippen molar-refractivity contribution in [3.8, 4) is 0 Å². The maximum atomic E-state index is 12.0. The largest absolute Gasteiger partial charge is 0.480 e. The van der Waals surface area contributed by atoms with Crippen LogP contribution in [0.5, 0.6) is 0 Å². The number of carboxylic acids is 3. The first-order valence-electron chi connectivity index (χ1n) is 10.3. The Morgan fingerprint density at radius 2 is 1.27 bits per heavy atom. The number of aliphatic carboxylic acids is 3. The molecule has 0 radical (unpaired) electrons. The quantitative estimate of drug-likeness (QED) is 0.421. The number of Topliss-reactive ketones (excluding diaryl/α,β-unsaturated/α-hetero) is 1. The molecule has 0 aromatic heterocycles. The van der Waals surface area contributed by atoms with Crippen LogP contribution in [0.1, 0.15) is 40.0 Å². The summed E-state index contributed by atoms with van der Waals surface area (Å²) >= 11 is 0. The van der Waals surface area contributed by atoms with Crippen LogP contribution in [-0.2, 0) is 19.2 Å². The van der Waals surface area contributed by atoms with Gasteiger partial charge in [-0.05, 0) is 19.8 Å². The molecule has 172 valence electrons. The second-order valence-electron chi connectivity index (χ2n) is 8.56. The molecule has 0 amide bonds. The SMILES string of the molecule is CC(=O)C(C)(C)CCCC(C(=O)O)N1CCN(CC(=O)O)CCN(CC(=O)O)CC1. The van der Waals surface area contributed by atoms with Gasteiger partial charge >= 0.3 is 17.9 Å². The van der Waals surface area contributed by atoms with Gasteiger partial charge in [0.15, 0.2) is 0 Å². The van der Waals surface area contributed by atoms with Crippen LogP contribution in [0.2, 0.25) is 0 Å². The molecule has 10 nitrogen and oxygen atoms in total. The molecule has 0 aliphatic carbocycles. The molecule has 1 rings (SSSR count). The van der Waals surface area contributed by atoms with Crippen molar-refractivity contribution in [1.82, 2.24) is 14.7 Å². The van der Waals surface area contributed by atoms with E-state index in [0.717, 1.165) is 0 Å². The van der Waals surface area contributed by atoms with Crippen LogP contribution in [0.15, 0.2) is 0 Å². The van der Waals surface area contributed by atoms with Gasteiger partial charge in [0.05, 0.1) is 13.1 Å². The number of hydrogen-bond donors (Lipinski definition) is 3. The van der Waals surface area contributed by atoms with Crippen LogP contribution in [0.4, 0.5) is 0 Å². The van der Waals surface area contributed by atoms with Crippen molar-refractivity contribution in [2.24, 2.45) is 5.41 Å². The molecule has 0 bridgehead atoms. The normalized spacial score (nSPS) is 18.8. The third kappa shape index (κ3) is 9.19. The second-order valence-corrected chi connectivity index (χ2v) is 8.56. The number of ketones is 1. The lowest BCUT2D eigenvalue weighted by Gasteiger charge is -2.31. The highest BCUT2D eigenvalue weighted by molar-refractivity contribution is 5.81. The van der Waals surface area contributed by atoms with E-state index in [4.69, 9.17) is 10.2 Å². The van der Waals surface area contributed by atoms with Gasteiger partial charge in [0.25, 0.3) is 0 Å². The summed E-state index contributed by atoms with van der Waals surface area (Å²) in [6, 6.07) is -0.774. The number of carbonyl (C=O) groups is 4. The van der Waals surface area contributed by atoms with E-state index < -0.39 is 29.4 Å². The van der Waals surface area contributed by atoms with E-state index in [2.05, 4.69) is 0 Å². The van der Waals surface area contributed by atoms with Gasteiger partial charge in [0.2, 0.25) is 0 Å². The average molecular weight is 430 g/mol. The number of nitrogens with zero attached hydrogens (tertiary/aromatic N) is 3. The van der Waals surface area contributed by atoms with Gasteiger partial charge in [-0.15, -0.1) is 0 Å². The summed E-state index contributed by atoms with van der Waals surface area (Å²) in [7, 11) is 0. The number of carbonyl (C=O) groups excluding carboxylic acids is 1. The van der Waals surface area contributed by atoms with Crippen LogP contribution in [0.3, 0.4) is 0 Å². The molecule has 10 heteroatoms. The predicted molar refractivity (Wildman–Crippen MR) is 109 cm³/mol. The van der Waals surface area contributed by atoms with Gasteiger partial charge in [-0.3, -0.25) is 33.9 Å². The molecule has 0 aromatic carbocycles. The molecule has 1 saturated heterocycles. The van der Waals surface area contributed by atoms with Crippen molar-refractivity contribution < 1.29 is 34.5 Å². The van der Waals surface area contributed by atoms with Gasteiger partial charge in [0.1, 0.15) is 11.8 Å². The fourth-order valence-electron chi connectivity index (χ4n) is 3.54. The van der Waals surface area contributed by atoms with E-state index >= 15 is 0 Å². The van der Waals surface area contributed by atoms with Crippen LogP contribution >= 0.6 is 0 Å². The predicted octanol–water partition coefficient (Wildman–Crippen LogP) is 0.314. The Morgan fingerprint density at radius 3 is 1.63 bits per heavy atom. The first-order valence-corrected chi connectivity index (χ1v) is 10.3. The average Bonchev–Trinajstić information content (AvgIpc) is 2.69. The molecule has 1 heterocycles. The highest BCUT2D eigenvalue weighted by Crippen LogP contribution is 2.25. The third-order valence-corrected chi connectivity index (χ3v) is 5.82. The molecular weight excluding hydrogens is 394 g/mol. The van der Waals surface area contributed by atoms with Crippen LogP contribution < -0.4 is 0 Å². The molecule has 1 aliphatic heterocycles. The van der Waals surface area contributed by atoms with Crippen molar-refractivity contribution in [2.75, 3.05) is 52.4 Å². The van der Waals surface area contributed by atoms with Crippen LogP contribution in [-0.4, -0.2) is 112 Å². The minimum Gasteiger partial charge on any atom is -0.480 e. The third-order valence-electron chi connectivity index (χ3n) is 5.82. The lowest BCUT2D eigenvalue weighted by atomic mass is 9.83. The second kappa shape index (κ2) is 12.0. The number of rotatable bonds is 11. The van der Waals surface area contributed by atoms with E-state index in [0.29, 0.717) is 58.5 Å². The lowest BCUT2D eigenvalue weighted by molar-refractivity contribution is -0.144. The van der Waals surface area contributed by atoms with E-state index in [-0.39, 0.29) is 18.9 Å². The smallest absolute Gasteiger partial charge is 0.320 e. The molecule has 30 heavy (non-hydrogen) atoms. The maximum absolute atomic E-state index is 12.0. The number of carboxylic acid groups (broad SMARTS) is 3. The minimum absolute atomic E-state index is 0.0609. The first-order chi connectivity index (χ1) is 13.9. The summed E-state index contributed by atoms with van der Waals surface area (Å²) in [5, 5.41) is 28.0. The molecule has 0 spiro atoms. The van der Waals surface area contributed by atoms with Crippen LogP contribution in [0.25, 0.3) is 0 Å². The topological polar surface area (TPSA) is 139 Å². The first kappa shape index (κ1) is 26.0. The van der Waals surface area contributed by atoms with Gasteiger partial charge < -0.3 is 15.3 Å². The molecular formula is C20H35N3O7. The Kier molecular flexibility index (Phi) is 10.4. The number of hydrogen-bond acceptors (Lipinski definition) is 7. The Bertz CT molecular complexity index is 596. The Balaban J connectivity index is 2.89. The highest BCUT2D eigenvalue weighted by Gasteiger charge is 2.30. The van der Waals surface area contributed by atoms with Crippen molar-refractivity contribution in [1.29, 1.82) is 0 Å². The van der Waals surface area contributed by atoms with Crippen molar-refractivity contribution >= 4 is 23.7 Å². The maximum Gasteiger partial charge on any atom is 0.320 e. The van der Waals surface area contributed by atoms with E-state index in [1.807, 2.05) is 13.8 Å². The van der Waals surface area contributed by atoms with Gasteiger partial charge in [0, 0.05) is 44.7 Å². The van der Waals surface area contributed by atoms with E-state index in [1.165, 1.54) is 6.92 Å². The van der Waals surface area contributed by atoms with Gasteiger partial charge in [-0.1, -0.05) is 20.3 Å². The van der Waals surface area contributed by atoms with E-state index in [1.54, 1.807) is 14.7 Å². The Hall–Kier alpha value is -2.04. The summed E-state index contributed by atoms with van der Waals surface area (Å²) in [5.41, 5.74) is -0.507. The molecule has 3 N–H and O–H groups in total. The zero-order chi connectivity index (χ0) is 22.9. The standard InChI is InChI=1S/C20H35N3O7/c1-15(24)20(2,3)6-4-5-16(19(29)30)23-11-9-21(13-17(25)26)7-8-22(10-12-23)14-18(27)28/h16H,4-14H2,1-3H3,(H,25,26)(H,27,28)(H,29,30). The fourth-order valence-corrected chi connectivity index (χ4v) is 3.54. The minimum atomic E-state index is -0.980. The molecule has 0 saturated carbocycles. The van der Waals surface area contributed by atoms with Crippen molar-refractivity contribution in [2.45, 2.75) is 46.1 Å². The molecule has 1 atom stereocenters. The van der Waals surface area contributed by atoms with Crippen molar-refractivity contribution in [3.63, 3.8) is 0 Å². The lowest BCUT2D eigenvalue weighted by Crippen LogP contribution is -2.47. The monoisotopic (exact) mass is 429 g/mol. The van der Waals surface area contributed by atoms with Gasteiger partial charge in [-0.25, -0.2) is 0 Å². The summed E-state index contributed by atoms with van der Waals surface area (Å²) in [4.78, 5) is 51.2. The molecule has 0 aromatic rings. The fraction of sp³-hybridized carbons (Fsp3) is 0.800. The Morgan fingerprint density at radius 1 is 0.833 bits per heavy atom. The Labute approximate surface area is 177 Å². The molecule has 1 aliphatic rings. The van der Waals surface area contributed by atoms with Crippen molar-refractivity contribution in [3.05, 3.63) is 0 Å². The van der Waals surface area contributed by atoms with E-state index in [9.17, 15) is 24.3 Å². The summed E-state index contributed by atoms with van der Waals surface area (Å²) in [6.45, 7) is 7.19. The summed E-state index contributed by atoms with van der Waals surface area (Å²) in [6.07, 6.45) is 1.51. The molecule has 1 unspecified atom stereocenters. The highest BCUT2D eigenvalue weighted by atomic mass is 16.4. The summed E-state index contributed by atoms with van der Waals surface area (Å²) < 4.78 is 0. The zero-order valence-electron chi connectivity index (χ0n) is 18.2. The summed E-state index contributed by atoms with van der Waals surface area (Å²) in [5.74, 6) is -2.87. The van der Waals surface area contributed by atoms with Gasteiger partial charge in [-0.2, -0.15) is 0 Å². The zero-order valence-corrected chi connectivity index (χ0v) is 18.2. The van der Waals surface area contributed by atoms with Crippen LogP contribution in [0, 0.1) is 5.41 Å². The molecule has 1 fully saturated rings.